The first-order valence-corrected chi connectivity index (χ1v) is 7.00. The Labute approximate surface area is 125 Å². The maximum atomic E-state index is 12.1. The van der Waals surface area contributed by atoms with E-state index in [2.05, 4.69) is 21.2 Å². The summed E-state index contributed by atoms with van der Waals surface area (Å²) in [6.45, 7) is 1.90. The molecule has 1 heterocycles. The highest BCUT2D eigenvalue weighted by Gasteiger charge is 2.13. The van der Waals surface area contributed by atoms with Gasteiger partial charge in [0.15, 0.2) is 0 Å². The predicted molar refractivity (Wildman–Crippen MR) is 81.7 cm³/mol. The Morgan fingerprint density at radius 1 is 1.30 bits per heavy atom. The summed E-state index contributed by atoms with van der Waals surface area (Å²) in [6.07, 6.45) is 1.58. The lowest BCUT2D eigenvalue weighted by Gasteiger charge is -2.16. The van der Waals surface area contributed by atoms with Crippen LogP contribution in [0.1, 0.15) is 28.9 Å². The molecule has 1 aromatic carbocycles. The largest absolute Gasteiger partial charge is 0.345 e. The topological polar surface area (TPSA) is 51.1 Å². The first kappa shape index (κ1) is 14.5. The van der Waals surface area contributed by atoms with Crippen molar-refractivity contribution in [3.8, 4) is 0 Å². The highest BCUT2D eigenvalue weighted by Crippen LogP contribution is 2.22. The smallest absolute Gasteiger partial charge is 0.252 e. The van der Waals surface area contributed by atoms with Crippen LogP contribution in [-0.4, -0.2) is 10.5 Å². The van der Waals surface area contributed by atoms with E-state index in [1.165, 1.54) is 10.6 Å². The van der Waals surface area contributed by atoms with Crippen LogP contribution in [0.25, 0.3) is 0 Å². The highest BCUT2D eigenvalue weighted by molar-refractivity contribution is 9.10. The number of amides is 1. The number of benzene rings is 1. The molecule has 4 nitrogen and oxygen atoms in total. The third kappa shape index (κ3) is 3.17. The van der Waals surface area contributed by atoms with Crippen LogP contribution in [0.15, 0.2) is 51.9 Å². The maximum Gasteiger partial charge on any atom is 0.252 e. The standard InChI is InChI=1S/C15H15BrN2O2/c1-10(12-5-3-4-6-13(12)16)17-15(20)11-7-8-18(2)14(19)9-11/h3-10H,1-2H3,(H,17,20). The van der Waals surface area contributed by atoms with Gasteiger partial charge in [0.25, 0.3) is 11.5 Å². The SMILES string of the molecule is CC(NC(=O)c1ccn(C)c(=O)c1)c1ccccc1Br. The number of aromatic nitrogens is 1. The molecule has 0 fully saturated rings. The molecule has 1 unspecified atom stereocenters. The molecule has 0 bridgehead atoms. The van der Waals surface area contributed by atoms with Crippen LogP contribution in [0.4, 0.5) is 0 Å². The zero-order chi connectivity index (χ0) is 14.7. The van der Waals surface area contributed by atoms with Gasteiger partial charge in [0, 0.05) is 29.3 Å². The zero-order valence-corrected chi connectivity index (χ0v) is 12.8. The summed E-state index contributed by atoms with van der Waals surface area (Å²) in [5.41, 5.74) is 1.16. The second-order valence-electron chi connectivity index (χ2n) is 4.58. The lowest BCUT2D eigenvalue weighted by atomic mass is 10.1. The Morgan fingerprint density at radius 2 is 2.00 bits per heavy atom. The third-order valence-corrected chi connectivity index (χ3v) is 3.81. The van der Waals surface area contributed by atoms with Gasteiger partial charge < -0.3 is 9.88 Å². The van der Waals surface area contributed by atoms with Crippen molar-refractivity contribution in [2.75, 3.05) is 0 Å². The van der Waals surface area contributed by atoms with Crippen LogP contribution in [-0.2, 0) is 7.05 Å². The zero-order valence-electron chi connectivity index (χ0n) is 11.3. The van der Waals surface area contributed by atoms with Gasteiger partial charge in [0.05, 0.1) is 6.04 Å². The van der Waals surface area contributed by atoms with Crippen LogP contribution in [0.5, 0.6) is 0 Å². The van der Waals surface area contributed by atoms with Crippen molar-refractivity contribution >= 4 is 21.8 Å². The summed E-state index contributed by atoms with van der Waals surface area (Å²) < 4.78 is 2.37. The van der Waals surface area contributed by atoms with Gasteiger partial charge >= 0.3 is 0 Å². The second-order valence-corrected chi connectivity index (χ2v) is 5.44. The molecular formula is C15H15BrN2O2. The van der Waals surface area contributed by atoms with E-state index in [0.717, 1.165) is 10.0 Å². The minimum atomic E-state index is -0.258. The molecule has 1 amide bonds. The average Bonchev–Trinajstić information content (AvgIpc) is 2.42. The number of halogens is 1. The van der Waals surface area contributed by atoms with E-state index in [0.29, 0.717) is 5.56 Å². The van der Waals surface area contributed by atoms with E-state index in [1.54, 1.807) is 19.3 Å². The molecule has 1 atom stereocenters. The quantitative estimate of drug-likeness (QED) is 0.938. The molecular weight excluding hydrogens is 320 g/mol. The van der Waals surface area contributed by atoms with Gasteiger partial charge in [0.1, 0.15) is 0 Å². The number of carbonyl (C=O) groups excluding carboxylic acids is 1. The lowest BCUT2D eigenvalue weighted by molar-refractivity contribution is 0.0939. The molecule has 0 saturated carbocycles. The fraction of sp³-hybridized carbons (Fsp3) is 0.200. The first-order valence-electron chi connectivity index (χ1n) is 6.21. The molecule has 2 aromatic rings. The molecule has 1 aromatic heterocycles. The fourth-order valence-electron chi connectivity index (χ4n) is 1.87. The van der Waals surface area contributed by atoms with Gasteiger partial charge in [-0.25, -0.2) is 0 Å². The molecule has 1 N–H and O–H groups in total. The van der Waals surface area contributed by atoms with Gasteiger partial charge in [0.2, 0.25) is 0 Å². The summed E-state index contributed by atoms with van der Waals surface area (Å²) in [4.78, 5) is 23.7. The molecule has 5 heteroatoms. The number of nitrogens with one attached hydrogen (secondary N) is 1. The van der Waals surface area contributed by atoms with E-state index in [-0.39, 0.29) is 17.5 Å². The van der Waals surface area contributed by atoms with Crippen molar-refractivity contribution < 1.29 is 4.79 Å². The van der Waals surface area contributed by atoms with Crippen molar-refractivity contribution in [2.24, 2.45) is 7.05 Å². The Balaban J connectivity index is 2.17. The molecule has 0 aliphatic carbocycles. The number of rotatable bonds is 3. The second kappa shape index (κ2) is 6.05. The lowest BCUT2D eigenvalue weighted by Crippen LogP contribution is -2.28. The summed E-state index contributed by atoms with van der Waals surface area (Å²) in [5, 5.41) is 2.88. The number of hydrogen-bond donors (Lipinski definition) is 1. The minimum absolute atomic E-state index is 0.151. The Kier molecular flexibility index (Phi) is 4.39. The Morgan fingerprint density at radius 3 is 2.65 bits per heavy atom. The molecule has 0 radical (unpaired) electrons. The molecule has 104 valence electrons. The van der Waals surface area contributed by atoms with Gasteiger partial charge in [-0.3, -0.25) is 9.59 Å². The number of pyridine rings is 1. The molecule has 20 heavy (non-hydrogen) atoms. The van der Waals surface area contributed by atoms with E-state index in [9.17, 15) is 9.59 Å². The van der Waals surface area contributed by atoms with Crippen molar-refractivity contribution in [1.29, 1.82) is 0 Å². The third-order valence-electron chi connectivity index (χ3n) is 3.09. The van der Waals surface area contributed by atoms with Crippen molar-refractivity contribution in [3.05, 3.63) is 68.5 Å². The summed E-state index contributed by atoms with van der Waals surface area (Å²) >= 11 is 3.46. The normalized spacial score (nSPS) is 11.9. The van der Waals surface area contributed by atoms with E-state index < -0.39 is 0 Å². The molecule has 0 aliphatic rings. The fourth-order valence-corrected chi connectivity index (χ4v) is 2.50. The number of nitrogens with zero attached hydrogens (tertiary/aromatic N) is 1. The van der Waals surface area contributed by atoms with Gasteiger partial charge in [-0.15, -0.1) is 0 Å². The Hall–Kier alpha value is -1.88. The molecule has 0 spiro atoms. The van der Waals surface area contributed by atoms with Crippen LogP contribution >= 0.6 is 15.9 Å². The van der Waals surface area contributed by atoms with Gasteiger partial charge in [-0.2, -0.15) is 0 Å². The average molecular weight is 335 g/mol. The van der Waals surface area contributed by atoms with E-state index >= 15 is 0 Å². The van der Waals surface area contributed by atoms with Crippen molar-refractivity contribution in [3.63, 3.8) is 0 Å². The monoisotopic (exact) mass is 334 g/mol. The van der Waals surface area contributed by atoms with Gasteiger partial charge in [-0.1, -0.05) is 34.1 Å². The van der Waals surface area contributed by atoms with Crippen molar-refractivity contribution in [1.82, 2.24) is 9.88 Å². The van der Waals surface area contributed by atoms with Crippen LogP contribution in [0, 0.1) is 0 Å². The Bertz CT molecular complexity index is 694. The minimum Gasteiger partial charge on any atom is -0.345 e. The number of aryl methyl sites for hydroxylation is 1. The molecule has 2 rings (SSSR count). The van der Waals surface area contributed by atoms with Crippen LogP contribution in [0.3, 0.4) is 0 Å². The highest BCUT2D eigenvalue weighted by atomic mass is 79.9. The van der Waals surface area contributed by atoms with Crippen LogP contribution < -0.4 is 10.9 Å². The van der Waals surface area contributed by atoms with Gasteiger partial charge in [-0.05, 0) is 24.6 Å². The molecule has 0 saturated heterocycles. The predicted octanol–water partition coefficient (Wildman–Crippen LogP) is 2.64. The maximum absolute atomic E-state index is 12.1. The first-order chi connectivity index (χ1) is 9.49. The summed E-state index contributed by atoms with van der Waals surface area (Å²) in [5.74, 6) is -0.258. The van der Waals surface area contributed by atoms with E-state index in [4.69, 9.17) is 0 Å². The summed E-state index contributed by atoms with van der Waals surface area (Å²) in [7, 11) is 1.65. The number of carbonyl (C=O) groups is 1. The molecule has 0 aliphatic heterocycles. The van der Waals surface area contributed by atoms with E-state index in [1.807, 2.05) is 31.2 Å². The number of hydrogen-bond acceptors (Lipinski definition) is 2. The summed E-state index contributed by atoms with van der Waals surface area (Å²) in [6, 6.07) is 10.5. The van der Waals surface area contributed by atoms with Crippen LogP contribution in [0.2, 0.25) is 0 Å². The van der Waals surface area contributed by atoms with Crippen molar-refractivity contribution in [2.45, 2.75) is 13.0 Å².